The number of aliphatic hydroxyl groups is 1. The highest BCUT2D eigenvalue weighted by Crippen LogP contribution is 2.32. The summed E-state index contributed by atoms with van der Waals surface area (Å²) in [6.45, 7) is 1.69. The maximum absolute atomic E-state index is 15.0. The minimum atomic E-state index is -4.78. The number of urea groups is 1. The van der Waals surface area contributed by atoms with Gasteiger partial charge in [0.15, 0.2) is 11.0 Å². The number of para-hydroxylation sites is 1. The van der Waals surface area contributed by atoms with E-state index in [1.807, 2.05) is 31.2 Å². The molecule has 0 radical (unpaired) electrons. The van der Waals surface area contributed by atoms with E-state index in [0.29, 0.717) is 33.6 Å². The molecule has 2 atom stereocenters. The van der Waals surface area contributed by atoms with Crippen molar-refractivity contribution in [1.29, 1.82) is 0 Å². The van der Waals surface area contributed by atoms with Crippen LogP contribution in [-0.2, 0) is 6.42 Å². The lowest BCUT2D eigenvalue weighted by atomic mass is 10.1. The number of amides is 2. The standard InChI is InChI=1S/C29H26F4N6O3S/c1-2-18-5-3-4-6-24(18)39-25(40)16-43-28(39)36-27(41)34-15-23(30)19-7-9-20(10-8-19)26-35-17-38(37-26)21-11-13-22(14-12-21)42-29(31,32)33/h3-14,17,23,25,40H,2,15-16H2,1H3,(H,34,41)/b36-28-. The van der Waals surface area contributed by atoms with Gasteiger partial charge < -0.3 is 15.2 Å². The van der Waals surface area contributed by atoms with E-state index in [4.69, 9.17) is 0 Å². The van der Waals surface area contributed by atoms with E-state index in [1.54, 1.807) is 29.2 Å². The van der Waals surface area contributed by atoms with Gasteiger partial charge in [0.2, 0.25) is 0 Å². The van der Waals surface area contributed by atoms with Crippen molar-refractivity contribution < 1.29 is 32.2 Å². The fourth-order valence-electron chi connectivity index (χ4n) is 4.40. The molecule has 0 saturated carbocycles. The average Bonchev–Trinajstić information content (AvgIpc) is 3.62. The summed E-state index contributed by atoms with van der Waals surface area (Å²) in [4.78, 5) is 22.5. The minimum absolute atomic E-state index is 0.311. The van der Waals surface area contributed by atoms with Gasteiger partial charge in [-0.2, -0.15) is 4.99 Å². The van der Waals surface area contributed by atoms with Gasteiger partial charge in [0.05, 0.1) is 12.2 Å². The van der Waals surface area contributed by atoms with E-state index in [-0.39, 0.29) is 12.3 Å². The van der Waals surface area contributed by atoms with E-state index in [0.717, 1.165) is 17.7 Å². The molecule has 1 aliphatic rings. The summed E-state index contributed by atoms with van der Waals surface area (Å²) in [5, 5.41) is 17.7. The molecule has 14 heteroatoms. The SMILES string of the molecule is CCc1ccccc1N1/C(=N/C(=O)NCC(F)c2ccc(-c3ncn(-c4ccc(OC(F)(F)F)cc4)n3)cc2)SCC1O. The highest BCUT2D eigenvalue weighted by molar-refractivity contribution is 8.14. The molecule has 3 aromatic carbocycles. The zero-order valence-electron chi connectivity index (χ0n) is 22.7. The van der Waals surface area contributed by atoms with E-state index < -0.39 is 24.8 Å². The lowest BCUT2D eigenvalue weighted by Gasteiger charge is -2.24. The Morgan fingerprint density at radius 3 is 2.56 bits per heavy atom. The van der Waals surface area contributed by atoms with Gasteiger partial charge in [-0.3, -0.25) is 4.90 Å². The van der Waals surface area contributed by atoms with Crippen LogP contribution < -0.4 is 15.0 Å². The summed E-state index contributed by atoms with van der Waals surface area (Å²) in [5.41, 5.74) is 3.15. The monoisotopic (exact) mass is 614 g/mol. The Morgan fingerprint density at radius 2 is 1.86 bits per heavy atom. The number of hydrogen-bond acceptors (Lipinski definition) is 6. The van der Waals surface area contributed by atoms with Crippen LogP contribution in [0.3, 0.4) is 0 Å². The highest BCUT2D eigenvalue weighted by Gasteiger charge is 2.32. The lowest BCUT2D eigenvalue weighted by molar-refractivity contribution is -0.274. The Balaban J connectivity index is 1.19. The summed E-state index contributed by atoms with van der Waals surface area (Å²) in [5.74, 6) is 0.318. The van der Waals surface area contributed by atoms with Crippen LogP contribution >= 0.6 is 11.8 Å². The molecule has 5 rings (SSSR count). The van der Waals surface area contributed by atoms with Crippen molar-refractivity contribution in [3.63, 3.8) is 0 Å². The number of anilines is 1. The first-order valence-electron chi connectivity index (χ1n) is 13.2. The van der Waals surface area contributed by atoms with Crippen molar-refractivity contribution in [1.82, 2.24) is 20.1 Å². The number of halogens is 4. The minimum Gasteiger partial charge on any atom is -0.406 e. The quantitative estimate of drug-likeness (QED) is 0.233. The summed E-state index contributed by atoms with van der Waals surface area (Å²) in [6.07, 6.45) is -4.99. The van der Waals surface area contributed by atoms with Crippen LogP contribution in [-0.4, -0.2) is 56.0 Å². The predicted molar refractivity (Wildman–Crippen MR) is 155 cm³/mol. The molecule has 2 unspecified atom stereocenters. The number of alkyl halides is 4. The van der Waals surface area contributed by atoms with Gasteiger partial charge in [0.25, 0.3) is 0 Å². The molecule has 1 fully saturated rings. The molecule has 2 N–H and O–H groups in total. The summed E-state index contributed by atoms with van der Waals surface area (Å²) >= 11 is 1.25. The van der Waals surface area contributed by atoms with E-state index in [2.05, 4.69) is 25.1 Å². The van der Waals surface area contributed by atoms with Crippen molar-refractivity contribution in [3.8, 4) is 22.8 Å². The molecule has 43 heavy (non-hydrogen) atoms. The third-order valence-corrected chi connectivity index (χ3v) is 7.50. The van der Waals surface area contributed by atoms with Gasteiger partial charge >= 0.3 is 12.4 Å². The molecular weight excluding hydrogens is 588 g/mol. The normalized spacial score (nSPS) is 16.8. The number of benzene rings is 3. The van der Waals surface area contributed by atoms with Crippen molar-refractivity contribution in [2.24, 2.45) is 4.99 Å². The predicted octanol–water partition coefficient (Wildman–Crippen LogP) is 6.04. The number of thioether (sulfide) groups is 1. The second kappa shape index (κ2) is 12.8. The number of aliphatic hydroxyl groups excluding tert-OH is 1. The topological polar surface area (TPSA) is 105 Å². The van der Waals surface area contributed by atoms with Gasteiger partial charge in [-0.05, 0) is 47.9 Å². The van der Waals surface area contributed by atoms with E-state index in [1.165, 1.54) is 47.0 Å². The van der Waals surface area contributed by atoms with Crippen molar-refractivity contribution in [2.75, 3.05) is 17.2 Å². The smallest absolute Gasteiger partial charge is 0.406 e. The van der Waals surface area contributed by atoms with Gasteiger partial charge in [-0.15, -0.1) is 18.3 Å². The number of nitrogens with zero attached hydrogens (tertiary/aromatic N) is 5. The van der Waals surface area contributed by atoms with E-state index >= 15 is 0 Å². The molecule has 2 heterocycles. The van der Waals surface area contributed by atoms with Gasteiger partial charge in [-0.1, -0.05) is 61.2 Å². The molecule has 1 aromatic heterocycles. The second-order valence-electron chi connectivity index (χ2n) is 9.37. The first kappa shape index (κ1) is 30.0. The molecule has 0 spiro atoms. The largest absolute Gasteiger partial charge is 0.573 e. The van der Waals surface area contributed by atoms with Crippen LogP contribution in [0.5, 0.6) is 5.75 Å². The average molecular weight is 615 g/mol. The number of hydrogen-bond donors (Lipinski definition) is 2. The van der Waals surface area contributed by atoms with Crippen LogP contribution in [0.15, 0.2) is 84.1 Å². The van der Waals surface area contributed by atoms with Gasteiger partial charge in [0.1, 0.15) is 24.5 Å². The number of amidine groups is 1. The molecule has 0 bridgehead atoms. The van der Waals surface area contributed by atoms with Gasteiger partial charge in [-0.25, -0.2) is 18.9 Å². The van der Waals surface area contributed by atoms with Crippen LogP contribution in [0.2, 0.25) is 0 Å². The molecule has 0 aliphatic carbocycles. The summed E-state index contributed by atoms with van der Waals surface area (Å²) < 4.78 is 57.4. The Labute approximate surface area is 248 Å². The number of aliphatic imine (C=N–C) groups is 1. The van der Waals surface area contributed by atoms with Crippen LogP contribution in [0.25, 0.3) is 17.1 Å². The number of rotatable bonds is 8. The van der Waals surface area contributed by atoms with Crippen molar-refractivity contribution in [3.05, 3.63) is 90.3 Å². The van der Waals surface area contributed by atoms with Crippen LogP contribution in [0.1, 0.15) is 24.2 Å². The zero-order chi connectivity index (χ0) is 30.6. The maximum Gasteiger partial charge on any atom is 0.573 e. The van der Waals surface area contributed by atoms with Crippen LogP contribution in [0.4, 0.5) is 28.0 Å². The number of ether oxygens (including phenoxy) is 1. The third kappa shape index (κ3) is 7.32. The molecular formula is C29H26F4N6O3S. The number of carbonyl (C=O) groups is 1. The molecule has 9 nitrogen and oxygen atoms in total. The Morgan fingerprint density at radius 1 is 1.14 bits per heavy atom. The summed E-state index contributed by atoms with van der Waals surface area (Å²) in [6, 6.07) is 18.3. The molecule has 4 aromatic rings. The third-order valence-electron chi connectivity index (χ3n) is 6.48. The Kier molecular flexibility index (Phi) is 8.97. The van der Waals surface area contributed by atoms with Crippen LogP contribution in [0, 0.1) is 0 Å². The first-order chi connectivity index (χ1) is 20.6. The van der Waals surface area contributed by atoms with Crippen molar-refractivity contribution >= 4 is 28.6 Å². The number of aryl methyl sites for hydroxylation is 1. The molecule has 224 valence electrons. The van der Waals surface area contributed by atoms with E-state index in [9.17, 15) is 27.5 Å². The zero-order valence-corrected chi connectivity index (χ0v) is 23.5. The fraction of sp³-hybridized carbons (Fsp3) is 0.241. The fourth-order valence-corrected chi connectivity index (χ4v) is 5.35. The molecule has 1 saturated heterocycles. The first-order valence-corrected chi connectivity index (χ1v) is 14.2. The molecule has 1 aliphatic heterocycles. The van der Waals surface area contributed by atoms with Gasteiger partial charge in [0, 0.05) is 17.0 Å². The number of carbonyl (C=O) groups excluding carboxylic acids is 1. The summed E-state index contributed by atoms with van der Waals surface area (Å²) in [7, 11) is 0. The number of aromatic nitrogens is 3. The lowest BCUT2D eigenvalue weighted by Crippen LogP contribution is -2.35. The molecule has 2 amide bonds. The van der Waals surface area contributed by atoms with Crippen molar-refractivity contribution in [2.45, 2.75) is 32.1 Å². The maximum atomic E-state index is 15.0. The Bertz CT molecular complexity index is 1600. The Hall–Kier alpha value is -4.43. The number of nitrogens with one attached hydrogen (secondary N) is 1. The highest BCUT2D eigenvalue weighted by atomic mass is 32.2. The second-order valence-corrected chi connectivity index (χ2v) is 10.4.